The zero-order chi connectivity index (χ0) is 18.4. The summed E-state index contributed by atoms with van der Waals surface area (Å²) < 4.78 is 0. The number of carbonyl (C=O) groups is 1. The van der Waals surface area contributed by atoms with E-state index < -0.39 is 4.92 Å². The quantitative estimate of drug-likeness (QED) is 0.545. The molecule has 0 unspecified atom stereocenters. The molecule has 0 saturated carbocycles. The van der Waals surface area contributed by atoms with Crippen molar-refractivity contribution in [1.29, 1.82) is 0 Å². The fourth-order valence-electron chi connectivity index (χ4n) is 2.40. The second-order valence-electron chi connectivity index (χ2n) is 5.59. The van der Waals surface area contributed by atoms with Gasteiger partial charge < -0.3 is 5.32 Å². The normalized spacial score (nSPS) is 10.3. The van der Waals surface area contributed by atoms with Gasteiger partial charge in [-0.25, -0.2) is 9.97 Å². The Morgan fingerprint density at radius 2 is 1.77 bits per heavy atom. The summed E-state index contributed by atoms with van der Waals surface area (Å²) in [6, 6.07) is 15.3. The Bertz CT molecular complexity index is 912. The maximum Gasteiger partial charge on any atom is 0.270 e. The third-order valence-electron chi connectivity index (χ3n) is 3.76. The number of non-ortho nitro benzene ring substituents is 1. The third kappa shape index (κ3) is 4.27. The van der Waals surface area contributed by atoms with Crippen molar-refractivity contribution in [3.63, 3.8) is 0 Å². The average Bonchev–Trinajstić information content (AvgIpc) is 2.69. The van der Waals surface area contributed by atoms with Crippen LogP contribution in [0.15, 0.2) is 67.0 Å². The van der Waals surface area contributed by atoms with Crippen molar-refractivity contribution >= 4 is 11.6 Å². The second kappa shape index (κ2) is 7.98. The van der Waals surface area contributed by atoms with Gasteiger partial charge in [0.2, 0.25) is 0 Å². The SMILES string of the molecule is O=C(NCCc1cnc(-c2ccccc2)nc1)c1cccc([N+](=O)[O-])c1. The maximum atomic E-state index is 12.1. The highest BCUT2D eigenvalue weighted by Gasteiger charge is 2.11. The maximum absolute atomic E-state index is 12.1. The zero-order valence-corrected chi connectivity index (χ0v) is 13.8. The first kappa shape index (κ1) is 17.2. The van der Waals surface area contributed by atoms with E-state index in [1.165, 1.54) is 18.2 Å². The van der Waals surface area contributed by atoms with E-state index in [2.05, 4.69) is 15.3 Å². The number of nitrogens with one attached hydrogen (secondary N) is 1. The van der Waals surface area contributed by atoms with Crippen LogP contribution in [0.2, 0.25) is 0 Å². The molecule has 26 heavy (non-hydrogen) atoms. The number of nitrogens with zero attached hydrogens (tertiary/aromatic N) is 3. The number of benzene rings is 2. The Morgan fingerprint density at radius 1 is 1.04 bits per heavy atom. The molecule has 0 aliphatic carbocycles. The molecule has 7 nitrogen and oxygen atoms in total. The van der Waals surface area contributed by atoms with E-state index in [0.29, 0.717) is 18.8 Å². The van der Waals surface area contributed by atoms with E-state index in [0.717, 1.165) is 11.1 Å². The highest BCUT2D eigenvalue weighted by Crippen LogP contribution is 2.14. The molecule has 1 aromatic heterocycles. The van der Waals surface area contributed by atoms with Crippen LogP contribution in [0.5, 0.6) is 0 Å². The number of rotatable bonds is 6. The predicted molar refractivity (Wildman–Crippen MR) is 96.6 cm³/mol. The van der Waals surface area contributed by atoms with Crippen LogP contribution in [-0.2, 0) is 6.42 Å². The van der Waals surface area contributed by atoms with E-state index in [-0.39, 0.29) is 17.2 Å². The summed E-state index contributed by atoms with van der Waals surface area (Å²) in [6.45, 7) is 0.384. The van der Waals surface area contributed by atoms with Crippen LogP contribution in [0.3, 0.4) is 0 Å². The van der Waals surface area contributed by atoms with E-state index in [1.54, 1.807) is 18.5 Å². The van der Waals surface area contributed by atoms with Gasteiger partial charge in [0.15, 0.2) is 5.82 Å². The number of nitro groups is 1. The topological polar surface area (TPSA) is 98.0 Å². The van der Waals surface area contributed by atoms with E-state index in [9.17, 15) is 14.9 Å². The van der Waals surface area contributed by atoms with Crippen LogP contribution in [-0.4, -0.2) is 27.3 Å². The molecule has 0 fully saturated rings. The average molecular weight is 348 g/mol. The van der Waals surface area contributed by atoms with Crippen LogP contribution in [0.1, 0.15) is 15.9 Å². The Balaban J connectivity index is 1.55. The van der Waals surface area contributed by atoms with Gasteiger partial charge in [-0.1, -0.05) is 36.4 Å². The van der Waals surface area contributed by atoms with Gasteiger partial charge in [-0.15, -0.1) is 0 Å². The lowest BCUT2D eigenvalue weighted by molar-refractivity contribution is -0.384. The van der Waals surface area contributed by atoms with Gasteiger partial charge in [0.1, 0.15) is 0 Å². The second-order valence-corrected chi connectivity index (χ2v) is 5.59. The highest BCUT2D eigenvalue weighted by atomic mass is 16.6. The summed E-state index contributed by atoms with van der Waals surface area (Å²) >= 11 is 0. The summed E-state index contributed by atoms with van der Waals surface area (Å²) in [6.07, 6.45) is 4.03. The number of aromatic nitrogens is 2. The number of carbonyl (C=O) groups excluding carboxylic acids is 1. The van der Waals surface area contributed by atoms with Crippen molar-refractivity contribution < 1.29 is 9.72 Å². The number of hydrogen-bond donors (Lipinski definition) is 1. The van der Waals surface area contributed by atoms with Gasteiger partial charge in [0.25, 0.3) is 11.6 Å². The van der Waals surface area contributed by atoms with Crippen LogP contribution in [0.25, 0.3) is 11.4 Å². The van der Waals surface area contributed by atoms with Crippen LogP contribution in [0, 0.1) is 10.1 Å². The number of hydrogen-bond acceptors (Lipinski definition) is 5. The summed E-state index contributed by atoms with van der Waals surface area (Å²) in [7, 11) is 0. The molecule has 7 heteroatoms. The molecule has 3 aromatic rings. The molecular weight excluding hydrogens is 332 g/mol. The lowest BCUT2D eigenvalue weighted by Crippen LogP contribution is -2.25. The van der Waals surface area contributed by atoms with Crippen molar-refractivity contribution in [3.05, 3.63) is 88.2 Å². The molecule has 0 aliphatic heterocycles. The molecule has 1 amide bonds. The Labute approximate surface area is 149 Å². The molecule has 3 rings (SSSR count). The first-order valence-corrected chi connectivity index (χ1v) is 8.02. The first-order chi connectivity index (χ1) is 12.6. The fraction of sp³-hybridized carbons (Fsp3) is 0.105. The lowest BCUT2D eigenvalue weighted by atomic mass is 10.2. The van der Waals surface area contributed by atoms with Gasteiger partial charge in [-0.3, -0.25) is 14.9 Å². The molecule has 0 atom stereocenters. The minimum absolute atomic E-state index is 0.109. The minimum Gasteiger partial charge on any atom is -0.352 e. The molecule has 0 aliphatic rings. The van der Waals surface area contributed by atoms with Crippen LogP contribution in [0.4, 0.5) is 5.69 Å². The van der Waals surface area contributed by atoms with Gasteiger partial charge in [-0.2, -0.15) is 0 Å². The van der Waals surface area contributed by atoms with Gasteiger partial charge in [0, 0.05) is 42.2 Å². The van der Waals surface area contributed by atoms with Crippen molar-refractivity contribution in [1.82, 2.24) is 15.3 Å². The predicted octanol–water partition coefficient (Wildman–Crippen LogP) is 3.02. The Kier molecular flexibility index (Phi) is 5.28. The van der Waals surface area contributed by atoms with Gasteiger partial charge in [-0.05, 0) is 18.1 Å². The molecule has 0 bridgehead atoms. The van der Waals surface area contributed by atoms with E-state index >= 15 is 0 Å². The Morgan fingerprint density at radius 3 is 2.46 bits per heavy atom. The molecular formula is C19H16N4O3. The summed E-state index contributed by atoms with van der Waals surface area (Å²) in [5.41, 5.74) is 1.99. The first-order valence-electron chi connectivity index (χ1n) is 8.02. The van der Waals surface area contributed by atoms with Crippen LogP contribution >= 0.6 is 0 Å². The molecule has 0 radical (unpaired) electrons. The largest absolute Gasteiger partial charge is 0.352 e. The standard InChI is InChI=1S/C19H16N4O3/c24-19(16-7-4-8-17(11-16)23(25)26)20-10-9-14-12-21-18(22-13-14)15-5-2-1-3-6-15/h1-8,11-13H,9-10H2,(H,20,24). The molecule has 1 heterocycles. The third-order valence-corrected chi connectivity index (χ3v) is 3.76. The van der Waals surface area contributed by atoms with Crippen molar-refractivity contribution in [2.45, 2.75) is 6.42 Å². The van der Waals surface area contributed by atoms with E-state index in [1.807, 2.05) is 30.3 Å². The van der Waals surface area contributed by atoms with Gasteiger partial charge >= 0.3 is 0 Å². The monoisotopic (exact) mass is 348 g/mol. The van der Waals surface area contributed by atoms with Crippen LogP contribution < -0.4 is 5.32 Å². The summed E-state index contributed by atoms with van der Waals surface area (Å²) in [5.74, 6) is 0.297. The summed E-state index contributed by atoms with van der Waals surface area (Å²) in [5, 5.41) is 13.5. The Hall–Kier alpha value is -3.61. The smallest absolute Gasteiger partial charge is 0.270 e. The molecule has 0 spiro atoms. The van der Waals surface area contributed by atoms with Crippen molar-refractivity contribution in [3.8, 4) is 11.4 Å². The summed E-state index contributed by atoms with van der Waals surface area (Å²) in [4.78, 5) is 31.0. The molecule has 1 N–H and O–H groups in total. The van der Waals surface area contributed by atoms with Crippen molar-refractivity contribution in [2.24, 2.45) is 0 Å². The molecule has 2 aromatic carbocycles. The number of amides is 1. The van der Waals surface area contributed by atoms with Gasteiger partial charge in [0.05, 0.1) is 4.92 Å². The lowest BCUT2D eigenvalue weighted by Gasteiger charge is -2.06. The van der Waals surface area contributed by atoms with Crippen molar-refractivity contribution in [2.75, 3.05) is 6.54 Å². The zero-order valence-electron chi connectivity index (χ0n) is 13.8. The minimum atomic E-state index is -0.525. The molecule has 130 valence electrons. The fourth-order valence-corrected chi connectivity index (χ4v) is 2.40. The molecule has 0 saturated heterocycles. The number of nitro benzene ring substituents is 1. The van der Waals surface area contributed by atoms with E-state index in [4.69, 9.17) is 0 Å². The highest BCUT2D eigenvalue weighted by molar-refractivity contribution is 5.94.